The molecule has 4 aliphatic rings. The van der Waals surface area contributed by atoms with Crippen molar-refractivity contribution in [1.29, 1.82) is 0 Å². The van der Waals surface area contributed by atoms with E-state index in [4.69, 9.17) is 16.2 Å². The summed E-state index contributed by atoms with van der Waals surface area (Å²) >= 11 is 1.78. The fourth-order valence-corrected chi connectivity index (χ4v) is 8.79. The van der Waals surface area contributed by atoms with Crippen LogP contribution in [-0.4, -0.2) is 47.7 Å². The predicted octanol–water partition coefficient (Wildman–Crippen LogP) is 4.68. The Morgan fingerprint density at radius 2 is 1.89 bits per heavy atom. The van der Waals surface area contributed by atoms with Gasteiger partial charge in [0.05, 0.1) is 6.61 Å². The van der Waals surface area contributed by atoms with E-state index >= 15 is 0 Å². The van der Waals surface area contributed by atoms with E-state index in [9.17, 15) is 14.4 Å². The Bertz CT molecular complexity index is 860. The minimum absolute atomic E-state index is 0.00747. The second-order valence-corrected chi connectivity index (χ2v) is 13.2. The van der Waals surface area contributed by atoms with Gasteiger partial charge in [0.15, 0.2) is 5.78 Å². The molecule has 4 rings (SSSR count). The first kappa shape index (κ1) is 29.4. The average molecular weight is 521 g/mol. The van der Waals surface area contributed by atoms with E-state index in [1.165, 1.54) is 18.4 Å². The van der Waals surface area contributed by atoms with Gasteiger partial charge < -0.3 is 16.2 Å². The van der Waals surface area contributed by atoms with Gasteiger partial charge in [-0.05, 0) is 99.5 Å². The molecule has 204 valence electrons. The van der Waals surface area contributed by atoms with Crippen molar-refractivity contribution in [3.63, 3.8) is 0 Å². The number of hydrogen-bond donors (Lipinski definition) is 2. The van der Waals surface area contributed by atoms with Crippen LogP contribution in [0, 0.1) is 34.5 Å². The molecule has 0 aromatic carbocycles. The molecule has 6 nitrogen and oxygen atoms in total. The molecule has 4 aliphatic carbocycles. The summed E-state index contributed by atoms with van der Waals surface area (Å²) in [6.45, 7) is 10.8. The molecule has 4 N–H and O–H groups in total. The lowest BCUT2D eigenvalue weighted by atomic mass is 9.46. The lowest BCUT2D eigenvalue weighted by Crippen LogP contribution is -2.57. The molecule has 0 aromatic heterocycles. The monoisotopic (exact) mass is 520 g/mol. The summed E-state index contributed by atoms with van der Waals surface area (Å²) in [5.74, 6) is 4.50. The summed E-state index contributed by atoms with van der Waals surface area (Å²) in [4.78, 5) is 35.1. The summed E-state index contributed by atoms with van der Waals surface area (Å²) in [5.41, 5.74) is 13.6. The molecule has 0 spiro atoms. The minimum atomic E-state index is -0.441. The number of fused-ring (bicyclic) bond motifs is 5. The zero-order valence-corrected chi connectivity index (χ0v) is 23.8. The predicted molar refractivity (Wildman–Crippen MR) is 146 cm³/mol. The van der Waals surface area contributed by atoms with E-state index in [-0.39, 0.29) is 34.5 Å². The van der Waals surface area contributed by atoms with Crippen LogP contribution < -0.4 is 11.5 Å². The van der Waals surface area contributed by atoms with Crippen molar-refractivity contribution in [2.75, 3.05) is 18.1 Å². The van der Waals surface area contributed by atoms with Crippen LogP contribution in [0.3, 0.4) is 0 Å². The molecule has 0 saturated heterocycles. The first-order chi connectivity index (χ1) is 17.0. The molecule has 0 heterocycles. The van der Waals surface area contributed by atoms with Crippen molar-refractivity contribution in [1.82, 2.24) is 0 Å². The number of ketones is 2. The van der Waals surface area contributed by atoms with Crippen LogP contribution in [0.15, 0.2) is 11.6 Å². The first-order valence-electron chi connectivity index (χ1n) is 14.0. The molecule has 0 radical (unpaired) electrons. The molecular weight excluding hydrogens is 472 g/mol. The Labute approximate surface area is 222 Å². The van der Waals surface area contributed by atoms with Crippen molar-refractivity contribution < 1.29 is 19.1 Å². The summed E-state index contributed by atoms with van der Waals surface area (Å²) < 4.78 is 4.76. The fourth-order valence-electron chi connectivity index (χ4n) is 8.08. The number of ether oxygens (including phenoxy) is 1. The highest BCUT2D eigenvalue weighted by Crippen LogP contribution is 2.66. The largest absolute Gasteiger partial charge is 0.465 e. The van der Waals surface area contributed by atoms with Gasteiger partial charge in [-0.25, -0.2) is 0 Å². The standard InChI is InChI=1S/C21H31NO2.C8H17NO2S/c1-12(23)16-6-7-17-15-5-4-13-10-14(24)11-19(22)21(13,3)18(15)8-9-20(16,17)2;1-3-11-8(10)7(9)5-6-12-4-2/h10,15-19H,4-9,11,22H2,1-3H3;7H,3-6,9H2,1-2H3/t15?,16-,17?,18?,19?,20-,21+;7-/m10/s1. The fraction of sp³-hybridized carbons (Fsp3) is 0.828. The van der Waals surface area contributed by atoms with Crippen LogP contribution in [0.5, 0.6) is 0 Å². The van der Waals surface area contributed by atoms with Crippen molar-refractivity contribution in [2.24, 2.45) is 46.0 Å². The van der Waals surface area contributed by atoms with Gasteiger partial charge >= 0.3 is 5.97 Å². The summed E-state index contributed by atoms with van der Waals surface area (Å²) in [6.07, 6.45) is 9.91. The quantitative estimate of drug-likeness (QED) is 0.370. The number of carbonyl (C=O) groups is 3. The number of hydrogen-bond acceptors (Lipinski definition) is 7. The van der Waals surface area contributed by atoms with Gasteiger partial charge in [-0.1, -0.05) is 26.3 Å². The van der Waals surface area contributed by atoms with Gasteiger partial charge in [0.1, 0.15) is 11.8 Å². The maximum absolute atomic E-state index is 12.2. The number of thioether (sulfide) groups is 1. The third-order valence-corrected chi connectivity index (χ3v) is 11.0. The maximum Gasteiger partial charge on any atom is 0.322 e. The van der Waals surface area contributed by atoms with Crippen LogP contribution in [0.2, 0.25) is 0 Å². The van der Waals surface area contributed by atoms with E-state index < -0.39 is 6.04 Å². The second kappa shape index (κ2) is 12.1. The first-order valence-corrected chi connectivity index (χ1v) is 15.2. The molecule has 3 fully saturated rings. The Morgan fingerprint density at radius 1 is 1.17 bits per heavy atom. The molecule has 0 amide bonds. The summed E-state index contributed by atoms with van der Waals surface area (Å²) in [7, 11) is 0. The third kappa shape index (κ3) is 5.63. The number of nitrogens with two attached hydrogens (primary N) is 2. The normalized spacial score (nSPS) is 37.9. The molecule has 3 saturated carbocycles. The van der Waals surface area contributed by atoms with Crippen molar-refractivity contribution in [3.8, 4) is 0 Å². The smallest absolute Gasteiger partial charge is 0.322 e. The van der Waals surface area contributed by atoms with Crippen LogP contribution in [0.1, 0.15) is 86.0 Å². The van der Waals surface area contributed by atoms with Gasteiger partial charge in [0, 0.05) is 23.8 Å². The van der Waals surface area contributed by atoms with Gasteiger partial charge in [0.25, 0.3) is 0 Å². The van der Waals surface area contributed by atoms with Crippen LogP contribution in [-0.2, 0) is 19.1 Å². The molecular formula is C29H48N2O4S. The van der Waals surface area contributed by atoms with E-state index in [0.717, 1.165) is 37.2 Å². The number of Topliss-reactive ketones (excluding diaryl/α,β-unsaturated/α-hetero) is 1. The van der Waals surface area contributed by atoms with Gasteiger partial charge in [0.2, 0.25) is 0 Å². The summed E-state index contributed by atoms with van der Waals surface area (Å²) in [6, 6.07) is -0.476. The van der Waals surface area contributed by atoms with Crippen molar-refractivity contribution in [3.05, 3.63) is 11.6 Å². The van der Waals surface area contributed by atoms with E-state index in [0.29, 0.717) is 43.0 Å². The maximum atomic E-state index is 12.2. The SMILES string of the molecule is CC(=O)[C@H]1CCC2C3CCC4=CC(=O)CC(N)[C@]4(C)C3CC[C@@]21C.CCOC(=O)[C@@H](N)CCSCC. The highest BCUT2D eigenvalue weighted by molar-refractivity contribution is 7.99. The van der Waals surface area contributed by atoms with Crippen LogP contribution in [0.25, 0.3) is 0 Å². The third-order valence-electron chi connectivity index (χ3n) is 10.0. The Kier molecular flexibility index (Phi) is 9.89. The summed E-state index contributed by atoms with van der Waals surface area (Å²) in [5, 5.41) is 0. The van der Waals surface area contributed by atoms with Crippen molar-refractivity contribution >= 4 is 29.3 Å². The van der Waals surface area contributed by atoms with E-state index in [1.807, 2.05) is 6.08 Å². The number of carbonyl (C=O) groups excluding carboxylic acids is 3. The lowest BCUT2D eigenvalue weighted by Gasteiger charge is -2.59. The molecule has 8 atom stereocenters. The van der Waals surface area contributed by atoms with Gasteiger partial charge in [-0.2, -0.15) is 11.8 Å². The zero-order valence-electron chi connectivity index (χ0n) is 23.0. The zero-order chi connectivity index (χ0) is 26.7. The minimum Gasteiger partial charge on any atom is -0.465 e. The lowest BCUT2D eigenvalue weighted by molar-refractivity contribution is -0.144. The molecule has 0 aromatic rings. The Hall–Kier alpha value is -1.18. The number of esters is 1. The highest BCUT2D eigenvalue weighted by atomic mass is 32.2. The van der Waals surface area contributed by atoms with Gasteiger partial charge in [-0.3, -0.25) is 14.4 Å². The van der Waals surface area contributed by atoms with Crippen LogP contribution >= 0.6 is 11.8 Å². The highest BCUT2D eigenvalue weighted by Gasteiger charge is 2.61. The Balaban J connectivity index is 0.000000257. The van der Waals surface area contributed by atoms with E-state index in [2.05, 4.69) is 20.8 Å². The molecule has 0 aliphatic heterocycles. The van der Waals surface area contributed by atoms with E-state index in [1.54, 1.807) is 25.6 Å². The van der Waals surface area contributed by atoms with Crippen molar-refractivity contribution in [2.45, 2.75) is 98.1 Å². The molecule has 0 bridgehead atoms. The van der Waals surface area contributed by atoms with Crippen LogP contribution in [0.4, 0.5) is 0 Å². The number of rotatable bonds is 7. The molecule has 36 heavy (non-hydrogen) atoms. The second-order valence-electron chi connectivity index (χ2n) is 11.8. The topological polar surface area (TPSA) is 112 Å². The molecule has 4 unspecified atom stereocenters. The Morgan fingerprint density at radius 3 is 2.53 bits per heavy atom. The van der Waals surface area contributed by atoms with Gasteiger partial charge in [-0.15, -0.1) is 0 Å². The average Bonchev–Trinajstić information content (AvgIpc) is 3.18. The molecule has 7 heteroatoms.